The van der Waals surface area contributed by atoms with Crippen molar-refractivity contribution in [2.75, 3.05) is 6.54 Å². The number of H-pyrrole nitrogens is 1. The van der Waals surface area contributed by atoms with E-state index in [2.05, 4.69) is 42.3 Å². The number of hydrogen-bond donors (Lipinski definition) is 2. The maximum absolute atomic E-state index is 3.56. The minimum absolute atomic E-state index is 0.605. The third-order valence-corrected chi connectivity index (χ3v) is 3.77. The summed E-state index contributed by atoms with van der Waals surface area (Å²) in [5.41, 5.74) is 5.66. The lowest BCUT2D eigenvalue weighted by atomic mass is 9.99. The molecule has 0 fully saturated rings. The van der Waals surface area contributed by atoms with Crippen LogP contribution in [0.25, 0.3) is 10.9 Å². The van der Waals surface area contributed by atoms with Crippen LogP contribution >= 0.6 is 0 Å². The van der Waals surface area contributed by atoms with Gasteiger partial charge in [0.05, 0.1) is 0 Å². The van der Waals surface area contributed by atoms with E-state index in [1.165, 1.54) is 40.6 Å². The van der Waals surface area contributed by atoms with Crippen LogP contribution in [0.4, 0.5) is 0 Å². The monoisotopic (exact) mass is 228 g/mol. The van der Waals surface area contributed by atoms with Gasteiger partial charge in [-0.1, -0.05) is 19.9 Å². The van der Waals surface area contributed by atoms with Gasteiger partial charge in [-0.15, -0.1) is 0 Å². The zero-order chi connectivity index (χ0) is 11.8. The minimum atomic E-state index is 0.605. The third kappa shape index (κ3) is 1.87. The molecule has 0 unspecified atom stereocenters. The van der Waals surface area contributed by atoms with Crippen molar-refractivity contribution in [2.24, 2.45) is 0 Å². The Bertz CT molecular complexity index is 537. The number of hydrogen-bond acceptors (Lipinski definition) is 1. The molecule has 0 atom stereocenters. The second-order valence-corrected chi connectivity index (χ2v) is 5.32. The van der Waals surface area contributed by atoms with Crippen molar-refractivity contribution in [3.8, 4) is 0 Å². The minimum Gasteiger partial charge on any atom is -0.357 e. The quantitative estimate of drug-likeness (QED) is 0.770. The zero-order valence-corrected chi connectivity index (χ0v) is 10.6. The Balaban J connectivity index is 2.17. The summed E-state index contributed by atoms with van der Waals surface area (Å²) in [7, 11) is 0. The summed E-state index contributed by atoms with van der Waals surface area (Å²) in [6, 6.07) is 6.86. The number of nitrogens with one attached hydrogen (secondary N) is 2. The van der Waals surface area contributed by atoms with E-state index in [0.717, 1.165) is 13.1 Å². The van der Waals surface area contributed by atoms with Crippen LogP contribution in [0.2, 0.25) is 0 Å². The van der Waals surface area contributed by atoms with Crippen LogP contribution in [-0.2, 0) is 13.0 Å². The summed E-state index contributed by atoms with van der Waals surface area (Å²) >= 11 is 0. The number of fused-ring (bicyclic) bond motifs is 3. The molecular weight excluding hydrogens is 208 g/mol. The molecule has 2 heterocycles. The van der Waals surface area contributed by atoms with Crippen molar-refractivity contribution in [3.63, 3.8) is 0 Å². The Kier molecular flexibility index (Phi) is 2.67. The lowest BCUT2D eigenvalue weighted by Gasteiger charge is -2.05. The molecule has 17 heavy (non-hydrogen) atoms. The molecule has 2 aromatic rings. The van der Waals surface area contributed by atoms with Crippen molar-refractivity contribution >= 4 is 10.9 Å². The van der Waals surface area contributed by atoms with Gasteiger partial charge in [0.25, 0.3) is 0 Å². The van der Waals surface area contributed by atoms with E-state index in [1.807, 2.05) is 0 Å². The highest BCUT2D eigenvalue weighted by molar-refractivity contribution is 5.85. The second-order valence-electron chi connectivity index (χ2n) is 5.32. The molecule has 1 aliphatic heterocycles. The van der Waals surface area contributed by atoms with Crippen LogP contribution in [0.3, 0.4) is 0 Å². The zero-order valence-electron chi connectivity index (χ0n) is 10.6. The highest BCUT2D eigenvalue weighted by atomic mass is 14.9. The first kappa shape index (κ1) is 10.8. The van der Waals surface area contributed by atoms with Crippen LogP contribution in [-0.4, -0.2) is 11.5 Å². The molecule has 2 nitrogen and oxygen atoms in total. The summed E-state index contributed by atoms with van der Waals surface area (Å²) in [5, 5.41) is 4.91. The van der Waals surface area contributed by atoms with Crippen molar-refractivity contribution in [3.05, 3.63) is 35.0 Å². The molecule has 3 rings (SSSR count). The largest absolute Gasteiger partial charge is 0.357 e. The molecular formula is C15H20N2. The highest BCUT2D eigenvalue weighted by Crippen LogP contribution is 2.28. The molecule has 1 aromatic heterocycles. The molecule has 0 saturated heterocycles. The highest BCUT2D eigenvalue weighted by Gasteiger charge is 2.14. The fourth-order valence-electron chi connectivity index (χ4n) is 2.72. The number of aryl methyl sites for hydroxylation is 1. The first-order valence-corrected chi connectivity index (χ1v) is 6.60. The van der Waals surface area contributed by atoms with Crippen LogP contribution in [0, 0.1) is 0 Å². The smallest absolute Gasteiger partial charge is 0.0459 e. The molecule has 90 valence electrons. The summed E-state index contributed by atoms with van der Waals surface area (Å²) in [6.07, 6.45) is 2.44. The van der Waals surface area contributed by atoms with Crippen LogP contribution in [0.5, 0.6) is 0 Å². The van der Waals surface area contributed by atoms with Gasteiger partial charge < -0.3 is 10.3 Å². The standard InChI is InChI=1S/C15H20N2/c1-10(2)11-5-6-14-13(8-11)12-4-3-7-16-9-15(12)17-14/h5-6,8,10,16-17H,3-4,7,9H2,1-2H3. The molecule has 2 heteroatoms. The molecule has 1 aromatic carbocycles. The molecule has 0 radical (unpaired) electrons. The van der Waals surface area contributed by atoms with E-state index >= 15 is 0 Å². The summed E-state index contributed by atoms with van der Waals surface area (Å²) in [6.45, 7) is 6.64. The van der Waals surface area contributed by atoms with Gasteiger partial charge in [-0.3, -0.25) is 0 Å². The normalized spacial score (nSPS) is 16.2. The van der Waals surface area contributed by atoms with Crippen molar-refractivity contribution in [1.29, 1.82) is 0 Å². The van der Waals surface area contributed by atoms with Gasteiger partial charge in [-0.05, 0) is 48.6 Å². The van der Waals surface area contributed by atoms with E-state index in [4.69, 9.17) is 0 Å². The molecule has 1 aliphatic rings. The Morgan fingerprint density at radius 2 is 2.12 bits per heavy atom. The van der Waals surface area contributed by atoms with Crippen LogP contribution in [0.15, 0.2) is 18.2 Å². The Hall–Kier alpha value is -1.28. The van der Waals surface area contributed by atoms with Gasteiger partial charge in [0.2, 0.25) is 0 Å². The van der Waals surface area contributed by atoms with Gasteiger partial charge in [-0.25, -0.2) is 0 Å². The molecule has 2 N–H and O–H groups in total. The summed E-state index contributed by atoms with van der Waals surface area (Å²) in [5.74, 6) is 0.605. The van der Waals surface area contributed by atoms with E-state index in [1.54, 1.807) is 0 Å². The number of rotatable bonds is 1. The van der Waals surface area contributed by atoms with E-state index in [9.17, 15) is 0 Å². The first-order valence-electron chi connectivity index (χ1n) is 6.60. The molecule has 0 amide bonds. The van der Waals surface area contributed by atoms with Gasteiger partial charge in [0.1, 0.15) is 0 Å². The maximum atomic E-state index is 3.56. The lowest BCUT2D eigenvalue weighted by Crippen LogP contribution is -2.12. The van der Waals surface area contributed by atoms with Crippen molar-refractivity contribution in [2.45, 2.75) is 39.2 Å². The fraction of sp³-hybridized carbons (Fsp3) is 0.467. The van der Waals surface area contributed by atoms with E-state index < -0.39 is 0 Å². The number of aromatic nitrogens is 1. The Morgan fingerprint density at radius 3 is 2.94 bits per heavy atom. The summed E-state index contributed by atoms with van der Waals surface area (Å²) in [4.78, 5) is 3.56. The average Bonchev–Trinajstić information content (AvgIpc) is 2.51. The number of benzene rings is 1. The predicted octanol–water partition coefficient (Wildman–Crippen LogP) is 3.33. The van der Waals surface area contributed by atoms with Gasteiger partial charge >= 0.3 is 0 Å². The predicted molar refractivity (Wildman–Crippen MR) is 72.4 cm³/mol. The van der Waals surface area contributed by atoms with Gasteiger partial charge in [-0.2, -0.15) is 0 Å². The maximum Gasteiger partial charge on any atom is 0.0459 e. The second kappa shape index (κ2) is 4.19. The van der Waals surface area contributed by atoms with Crippen LogP contribution < -0.4 is 5.32 Å². The topological polar surface area (TPSA) is 27.8 Å². The van der Waals surface area contributed by atoms with Crippen molar-refractivity contribution < 1.29 is 0 Å². The fourth-order valence-corrected chi connectivity index (χ4v) is 2.72. The van der Waals surface area contributed by atoms with Gasteiger partial charge in [0, 0.05) is 23.1 Å². The SMILES string of the molecule is CC(C)c1ccc2[nH]c3c(c2c1)CCCNC3. The Labute approximate surface area is 102 Å². The first-order chi connectivity index (χ1) is 8.25. The molecule has 0 saturated carbocycles. The van der Waals surface area contributed by atoms with Gasteiger partial charge in [0.15, 0.2) is 0 Å². The molecule has 0 aliphatic carbocycles. The molecule has 0 spiro atoms. The lowest BCUT2D eigenvalue weighted by molar-refractivity contribution is 0.675. The summed E-state index contributed by atoms with van der Waals surface area (Å²) < 4.78 is 0. The Morgan fingerprint density at radius 1 is 1.24 bits per heavy atom. The van der Waals surface area contributed by atoms with Crippen LogP contribution in [0.1, 0.15) is 43.0 Å². The molecule has 0 bridgehead atoms. The third-order valence-electron chi connectivity index (χ3n) is 3.77. The average molecular weight is 228 g/mol. The van der Waals surface area contributed by atoms with E-state index in [-0.39, 0.29) is 0 Å². The van der Waals surface area contributed by atoms with E-state index in [0.29, 0.717) is 5.92 Å². The number of aromatic amines is 1. The van der Waals surface area contributed by atoms with Crippen molar-refractivity contribution in [1.82, 2.24) is 10.3 Å².